The first-order valence-electron chi connectivity index (χ1n) is 5.75. The fourth-order valence-corrected chi connectivity index (χ4v) is 2.30. The lowest BCUT2D eigenvalue weighted by Crippen LogP contribution is -2.27. The highest BCUT2D eigenvalue weighted by Crippen LogP contribution is 2.31. The molecule has 1 nitrogen and oxygen atoms in total. The van der Waals surface area contributed by atoms with Gasteiger partial charge in [-0.05, 0) is 38.5 Å². The zero-order valence-corrected chi connectivity index (χ0v) is 9.55. The van der Waals surface area contributed by atoms with Gasteiger partial charge in [0.05, 0.1) is 12.2 Å². The van der Waals surface area contributed by atoms with Crippen molar-refractivity contribution in [3.05, 3.63) is 0 Å². The quantitative estimate of drug-likeness (QED) is 0.651. The molecule has 0 bridgehead atoms. The first-order valence-corrected chi connectivity index (χ1v) is 5.75. The SMILES string of the molecule is CC(C)OC1CCCC(C(C)C)C1. The van der Waals surface area contributed by atoms with Crippen molar-refractivity contribution in [1.29, 1.82) is 0 Å². The van der Waals surface area contributed by atoms with E-state index in [0.29, 0.717) is 12.2 Å². The van der Waals surface area contributed by atoms with E-state index in [1.165, 1.54) is 25.7 Å². The van der Waals surface area contributed by atoms with E-state index >= 15 is 0 Å². The van der Waals surface area contributed by atoms with Crippen LogP contribution in [0.1, 0.15) is 53.4 Å². The average Bonchev–Trinajstić information content (AvgIpc) is 2.03. The van der Waals surface area contributed by atoms with E-state index < -0.39 is 0 Å². The van der Waals surface area contributed by atoms with Gasteiger partial charge >= 0.3 is 0 Å². The van der Waals surface area contributed by atoms with Crippen molar-refractivity contribution in [3.8, 4) is 0 Å². The van der Waals surface area contributed by atoms with Crippen molar-refractivity contribution >= 4 is 0 Å². The molecule has 13 heavy (non-hydrogen) atoms. The molecular formula is C12H24O. The zero-order chi connectivity index (χ0) is 9.84. The van der Waals surface area contributed by atoms with Crippen LogP contribution in [0.15, 0.2) is 0 Å². The van der Waals surface area contributed by atoms with Gasteiger partial charge in [-0.25, -0.2) is 0 Å². The molecule has 0 aliphatic heterocycles. The molecule has 0 aromatic heterocycles. The lowest BCUT2D eigenvalue weighted by Gasteiger charge is -2.32. The summed E-state index contributed by atoms with van der Waals surface area (Å²) in [7, 11) is 0. The average molecular weight is 184 g/mol. The molecule has 0 saturated heterocycles. The van der Waals surface area contributed by atoms with Gasteiger partial charge in [0.15, 0.2) is 0 Å². The minimum atomic E-state index is 0.399. The van der Waals surface area contributed by atoms with Crippen LogP contribution in [-0.2, 0) is 4.74 Å². The van der Waals surface area contributed by atoms with Gasteiger partial charge in [-0.1, -0.05) is 26.7 Å². The first-order chi connectivity index (χ1) is 6.09. The molecule has 0 spiro atoms. The number of ether oxygens (including phenoxy) is 1. The molecule has 78 valence electrons. The van der Waals surface area contributed by atoms with Gasteiger partial charge in [-0.2, -0.15) is 0 Å². The highest BCUT2D eigenvalue weighted by molar-refractivity contribution is 4.75. The van der Waals surface area contributed by atoms with Crippen molar-refractivity contribution in [2.75, 3.05) is 0 Å². The third-order valence-corrected chi connectivity index (χ3v) is 3.07. The molecule has 2 atom stereocenters. The Morgan fingerprint density at radius 3 is 2.31 bits per heavy atom. The third kappa shape index (κ3) is 3.68. The molecule has 1 aliphatic rings. The van der Waals surface area contributed by atoms with Crippen LogP contribution in [0.25, 0.3) is 0 Å². The summed E-state index contributed by atoms with van der Waals surface area (Å²) in [5.74, 6) is 1.73. The lowest BCUT2D eigenvalue weighted by atomic mass is 9.80. The Hall–Kier alpha value is -0.0400. The van der Waals surface area contributed by atoms with Crippen molar-refractivity contribution in [1.82, 2.24) is 0 Å². The van der Waals surface area contributed by atoms with Crippen LogP contribution in [0.3, 0.4) is 0 Å². The summed E-state index contributed by atoms with van der Waals surface area (Å²) in [6.07, 6.45) is 6.28. The topological polar surface area (TPSA) is 9.23 Å². The van der Waals surface area contributed by atoms with Crippen molar-refractivity contribution in [2.24, 2.45) is 11.8 Å². The molecule has 0 N–H and O–H groups in total. The predicted molar refractivity (Wildman–Crippen MR) is 56.8 cm³/mol. The maximum Gasteiger partial charge on any atom is 0.0581 e. The van der Waals surface area contributed by atoms with Crippen LogP contribution >= 0.6 is 0 Å². The second-order valence-electron chi connectivity index (χ2n) is 4.98. The lowest BCUT2D eigenvalue weighted by molar-refractivity contribution is -0.0290. The molecule has 1 aliphatic carbocycles. The van der Waals surface area contributed by atoms with Gasteiger partial charge in [0, 0.05) is 0 Å². The van der Waals surface area contributed by atoms with Crippen molar-refractivity contribution in [2.45, 2.75) is 65.6 Å². The van der Waals surface area contributed by atoms with Crippen LogP contribution in [0, 0.1) is 11.8 Å². The minimum absolute atomic E-state index is 0.399. The largest absolute Gasteiger partial charge is 0.376 e. The Bertz CT molecular complexity index is 140. The summed E-state index contributed by atoms with van der Waals surface area (Å²) in [4.78, 5) is 0. The fraction of sp³-hybridized carbons (Fsp3) is 1.00. The van der Waals surface area contributed by atoms with Crippen LogP contribution in [0.2, 0.25) is 0 Å². The van der Waals surface area contributed by atoms with E-state index in [1.807, 2.05) is 0 Å². The van der Waals surface area contributed by atoms with E-state index in [4.69, 9.17) is 4.74 Å². The summed E-state index contributed by atoms with van der Waals surface area (Å²) in [5, 5.41) is 0. The number of hydrogen-bond donors (Lipinski definition) is 0. The summed E-state index contributed by atoms with van der Waals surface area (Å²) >= 11 is 0. The van der Waals surface area contributed by atoms with E-state index in [0.717, 1.165) is 11.8 Å². The first kappa shape index (κ1) is 11.0. The van der Waals surface area contributed by atoms with Gasteiger partial charge in [-0.3, -0.25) is 0 Å². The van der Waals surface area contributed by atoms with E-state index in [9.17, 15) is 0 Å². The Morgan fingerprint density at radius 2 is 1.77 bits per heavy atom. The predicted octanol–water partition coefficient (Wildman–Crippen LogP) is 3.63. The van der Waals surface area contributed by atoms with Gasteiger partial charge in [0.1, 0.15) is 0 Å². The monoisotopic (exact) mass is 184 g/mol. The Balaban J connectivity index is 2.33. The van der Waals surface area contributed by atoms with E-state index in [1.54, 1.807) is 0 Å². The second kappa shape index (κ2) is 4.99. The van der Waals surface area contributed by atoms with Crippen LogP contribution in [0.4, 0.5) is 0 Å². The number of rotatable bonds is 3. The Labute approximate surface area is 82.9 Å². The molecule has 1 heteroatoms. The molecule has 1 rings (SSSR count). The minimum Gasteiger partial charge on any atom is -0.376 e. The standard InChI is InChI=1S/C12H24O/c1-9(2)11-6-5-7-12(8-11)13-10(3)4/h9-12H,5-8H2,1-4H3. The molecule has 0 aromatic carbocycles. The van der Waals surface area contributed by atoms with Gasteiger partial charge < -0.3 is 4.74 Å². The smallest absolute Gasteiger partial charge is 0.0581 e. The molecule has 0 heterocycles. The summed E-state index contributed by atoms with van der Waals surface area (Å²) in [6.45, 7) is 8.95. The molecule has 0 radical (unpaired) electrons. The van der Waals surface area contributed by atoms with Gasteiger partial charge in [0.25, 0.3) is 0 Å². The normalized spacial score (nSPS) is 30.0. The molecule has 0 amide bonds. The Morgan fingerprint density at radius 1 is 1.08 bits per heavy atom. The summed E-state index contributed by atoms with van der Waals surface area (Å²) in [6, 6.07) is 0. The Kier molecular flexibility index (Phi) is 4.24. The van der Waals surface area contributed by atoms with Crippen molar-refractivity contribution in [3.63, 3.8) is 0 Å². The molecule has 0 aromatic rings. The van der Waals surface area contributed by atoms with Crippen LogP contribution < -0.4 is 0 Å². The maximum absolute atomic E-state index is 5.87. The fourth-order valence-electron chi connectivity index (χ4n) is 2.30. The van der Waals surface area contributed by atoms with E-state index in [-0.39, 0.29) is 0 Å². The second-order valence-corrected chi connectivity index (χ2v) is 4.98. The third-order valence-electron chi connectivity index (χ3n) is 3.07. The maximum atomic E-state index is 5.87. The van der Waals surface area contributed by atoms with Crippen LogP contribution in [0.5, 0.6) is 0 Å². The van der Waals surface area contributed by atoms with Crippen molar-refractivity contribution < 1.29 is 4.74 Å². The highest BCUT2D eigenvalue weighted by atomic mass is 16.5. The number of hydrogen-bond acceptors (Lipinski definition) is 1. The zero-order valence-electron chi connectivity index (χ0n) is 9.55. The molecular weight excluding hydrogens is 160 g/mol. The summed E-state index contributed by atoms with van der Waals surface area (Å²) < 4.78 is 5.87. The molecule has 1 saturated carbocycles. The highest BCUT2D eigenvalue weighted by Gasteiger charge is 2.24. The van der Waals surface area contributed by atoms with E-state index in [2.05, 4.69) is 27.7 Å². The molecule has 1 fully saturated rings. The van der Waals surface area contributed by atoms with Crippen LogP contribution in [-0.4, -0.2) is 12.2 Å². The summed E-state index contributed by atoms with van der Waals surface area (Å²) in [5.41, 5.74) is 0. The molecule has 2 unspecified atom stereocenters. The van der Waals surface area contributed by atoms with Gasteiger partial charge in [-0.15, -0.1) is 0 Å². The van der Waals surface area contributed by atoms with Gasteiger partial charge in [0.2, 0.25) is 0 Å².